The highest BCUT2D eigenvalue weighted by Crippen LogP contribution is 2.17. The maximum atomic E-state index is 12.4. The minimum absolute atomic E-state index is 0.145. The molecule has 1 atom stereocenters. The van der Waals surface area contributed by atoms with Gasteiger partial charge in [0.25, 0.3) is 5.91 Å². The Kier molecular flexibility index (Phi) is 6.40. The Labute approximate surface area is 136 Å². The number of carboxylic acids is 1. The first-order valence-corrected chi connectivity index (χ1v) is 7.95. The van der Waals surface area contributed by atoms with Gasteiger partial charge in [0.15, 0.2) is 0 Å². The van der Waals surface area contributed by atoms with E-state index in [1.165, 1.54) is 4.90 Å². The molecule has 23 heavy (non-hydrogen) atoms. The number of carboxylic acid groups (broad SMARTS) is 1. The molecule has 1 aliphatic heterocycles. The van der Waals surface area contributed by atoms with E-state index in [0.29, 0.717) is 30.9 Å². The van der Waals surface area contributed by atoms with E-state index in [-0.39, 0.29) is 18.6 Å². The number of amides is 1. The number of aliphatic carboxylic acids is 1. The number of hydrogen-bond acceptors (Lipinski definition) is 4. The summed E-state index contributed by atoms with van der Waals surface area (Å²) >= 11 is 0. The van der Waals surface area contributed by atoms with E-state index in [1.807, 2.05) is 6.92 Å². The summed E-state index contributed by atoms with van der Waals surface area (Å²) < 4.78 is 11.1. The van der Waals surface area contributed by atoms with Crippen LogP contribution in [0.15, 0.2) is 24.3 Å². The summed E-state index contributed by atoms with van der Waals surface area (Å²) in [7, 11) is 0. The van der Waals surface area contributed by atoms with E-state index >= 15 is 0 Å². The van der Waals surface area contributed by atoms with Crippen molar-refractivity contribution in [3.63, 3.8) is 0 Å². The number of nitrogens with zero attached hydrogens (tertiary/aromatic N) is 1. The minimum Gasteiger partial charge on any atom is -0.491 e. The molecule has 1 aromatic carbocycles. The Balaban J connectivity index is 1.93. The second kappa shape index (κ2) is 8.53. The van der Waals surface area contributed by atoms with Crippen LogP contribution in [-0.2, 0) is 9.53 Å². The molecule has 1 amide bonds. The SMILES string of the molecule is CCCN(CC(=O)O)C(=O)c1ccc(OC[C@H]2CCCO2)cc1. The van der Waals surface area contributed by atoms with Gasteiger partial charge in [-0.3, -0.25) is 9.59 Å². The number of hydrogen-bond donors (Lipinski definition) is 1. The first-order chi connectivity index (χ1) is 11.1. The first kappa shape index (κ1) is 17.3. The summed E-state index contributed by atoms with van der Waals surface area (Å²) in [5.41, 5.74) is 0.462. The second-order valence-corrected chi connectivity index (χ2v) is 5.59. The molecular formula is C17H23NO5. The molecule has 1 N–H and O–H groups in total. The van der Waals surface area contributed by atoms with E-state index in [9.17, 15) is 9.59 Å². The standard InChI is InChI=1S/C17H23NO5/c1-2-9-18(11-16(19)20)17(21)13-5-7-14(8-6-13)23-12-15-4-3-10-22-15/h5-8,15H,2-4,9-12H2,1H3,(H,19,20)/t15-/m1/s1. The molecule has 0 saturated carbocycles. The van der Waals surface area contributed by atoms with Crippen molar-refractivity contribution in [2.45, 2.75) is 32.3 Å². The lowest BCUT2D eigenvalue weighted by Crippen LogP contribution is -2.36. The topological polar surface area (TPSA) is 76.1 Å². The molecule has 0 unspecified atom stereocenters. The van der Waals surface area contributed by atoms with Gasteiger partial charge in [0.2, 0.25) is 0 Å². The second-order valence-electron chi connectivity index (χ2n) is 5.59. The summed E-state index contributed by atoms with van der Waals surface area (Å²) in [5.74, 6) is -0.611. The predicted octanol–water partition coefficient (Wildman–Crippen LogP) is 2.18. The maximum Gasteiger partial charge on any atom is 0.323 e. The quantitative estimate of drug-likeness (QED) is 0.794. The van der Waals surface area contributed by atoms with Crippen LogP contribution in [0.1, 0.15) is 36.5 Å². The fourth-order valence-electron chi connectivity index (χ4n) is 2.53. The largest absolute Gasteiger partial charge is 0.491 e. The minimum atomic E-state index is -1.01. The molecule has 6 heteroatoms. The van der Waals surface area contributed by atoms with Crippen molar-refractivity contribution in [1.29, 1.82) is 0 Å². The van der Waals surface area contributed by atoms with Crippen LogP contribution in [0.3, 0.4) is 0 Å². The van der Waals surface area contributed by atoms with Crippen LogP contribution >= 0.6 is 0 Å². The molecule has 1 aromatic rings. The number of carbonyl (C=O) groups is 2. The number of rotatable bonds is 8. The number of ether oxygens (including phenoxy) is 2. The summed E-state index contributed by atoms with van der Waals surface area (Å²) in [6.45, 7) is 3.34. The number of carbonyl (C=O) groups excluding carboxylic acids is 1. The van der Waals surface area contributed by atoms with Gasteiger partial charge in [0.1, 0.15) is 18.9 Å². The van der Waals surface area contributed by atoms with E-state index in [4.69, 9.17) is 14.6 Å². The maximum absolute atomic E-state index is 12.4. The Hall–Kier alpha value is -2.08. The van der Waals surface area contributed by atoms with Crippen LogP contribution < -0.4 is 4.74 Å². The summed E-state index contributed by atoms with van der Waals surface area (Å²) in [4.78, 5) is 24.5. The molecule has 1 aliphatic rings. The van der Waals surface area contributed by atoms with Gasteiger partial charge in [0, 0.05) is 18.7 Å². The van der Waals surface area contributed by atoms with Crippen molar-refractivity contribution in [1.82, 2.24) is 4.90 Å². The molecule has 1 fully saturated rings. The van der Waals surface area contributed by atoms with Crippen LogP contribution in [0.25, 0.3) is 0 Å². The van der Waals surface area contributed by atoms with Gasteiger partial charge in [-0.15, -0.1) is 0 Å². The highest BCUT2D eigenvalue weighted by molar-refractivity contribution is 5.95. The summed E-state index contributed by atoms with van der Waals surface area (Å²) in [6, 6.07) is 6.79. The molecule has 126 valence electrons. The Bertz CT molecular complexity index is 522. The van der Waals surface area contributed by atoms with Crippen molar-refractivity contribution in [3.8, 4) is 5.75 Å². The fraction of sp³-hybridized carbons (Fsp3) is 0.529. The Morgan fingerprint density at radius 2 is 2.09 bits per heavy atom. The highest BCUT2D eigenvalue weighted by Gasteiger charge is 2.18. The number of benzene rings is 1. The zero-order valence-corrected chi connectivity index (χ0v) is 13.4. The summed E-state index contributed by atoms with van der Waals surface area (Å²) in [6.07, 6.45) is 2.93. The van der Waals surface area contributed by atoms with Crippen LogP contribution in [0, 0.1) is 0 Å². The van der Waals surface area contributed by atoms with Crippen molar-refractivity contribution < 1.29 is 24.2 Å². The van der Waals surface area contributed by atoms with Gasteiger partial charge < -0.3 is 19.5 Å². The van der Waals surface area contributed by atoms with Crippen LogP contribution in [0.5, 0.6) is 5.75 Å². The average Bonchev–Trinajstić information content (AvgIpc) is 3.05. The molecule has 6 nitrogen and oxygen atoms in total. The average molecular weight is 321 g/mol. The lowest BCUT2D eigenvalue weighted by atomic mass is 10.2. The molecule has 2 rings (SSSR count). The van der Waals surface area contributed by atoms with E-state index < -0.39 is 5.97 Å². The van der Waals surface area contributed by atoms with Crippen LogP contribution in [0.4, 0.5) is 0 Å². The van der Waals surface area contributed by atoms with Gasteiger partial charge in [-0.05, 0) is 43.5 Å². The molecule has 0 aliphatic carbocycles. The van der Waals surface area contributed by atoms with Crippen molar-refractivity contribution in [2.24, 2.45) is 0 Å². The monoisotopic (exact) mass is 321 g/mol. The van der Waals surface area contributed by atoms with E-state index in [0.717, 1.165) is 19.4 Å². The van der Waals surface area contributed by atoms with Gasteiger partial charge in [-0.25, -0.2) is 0 Å². The normalized spacial score (nSPS) is 17.0. The van der Waals surface area contributed by atoms with Crippen molar-refractivity contribution in [3.05, 3.63) is 29.8 Å². The molecule has 0 radical (unpaired) electrons. The predicted molar refractivity (Wildman–Crippen MR) is 84.7 cm³/mol. The van der Waals surface area contributed by atoms with Crippen LogP contribution in [-0.4, -0.2) is 54.3 Å². The van der Waals surface area contributed by atoms with E-state index in [2.05, 4.69) is 0 Å². The molecule has 0 bridgehead atoms. The Morgan fingerprint density at radius 3 is 2.65 bits per heavy atom. The van der Waals surface area contributed by atoms with Crippen LogP contribution in [0.2, 0.25) is 0 Å². The smallest absolute Gasteiger partial charge is 0.323 e. The zero-order valence-electron chi connectivity index (χ0n) is 13.4. The van der Waals surface area contributed by atoms with E-state index in [1.54, 1.807) is 24.3 Å². The fourth-order valence-corrected chi connectivity index (χ4v) is 2.53. The Morgan fingerprint density at radius 1 is 1.35 bits per heavy atom. The van der Waals surface area contributed by atoms with Gasteiger partial charge >= 0.3 is 5.97 Å². The third-order valence-corrected chi connectivity index (χ3v) is 3.67. The highest BCUT2D eigenvalue weighted by atomic mass is 16.5. The molecule has 0 aromatic heterocycles. The first-order valence-electron chi connectivity index (χ1n) is 7.95. The lowest BCUT2D eigenvalue weighted by Gasteiger charge is -2.20. The van der Waals surface area contributed by atoms with Crippen molar-refractivity contribution in [2.75, 3.05) is 26.3 Å². The molecule has 0 spiro atoms. The molecular weight excluding hydrogens is 298 g/mol. The van der Waals surface area contributed by atoms with Crippen molar-refractivity contribution >= 4 is 11.9 Å². The lowest BCUT2D eigenvalue weighted by molar-refractivity contribution is -0.137. The molecule has 1 saturated heterocycles. The molecule has 1 heterocycles. The van der Waals surface area contributed by atoms with Gasteiger partial charge in [-0.2, -0.15) is 0 Å². The summed E-state index contributed by atoms with van der Waals surface area (Å²) in [5, 5.41) is 8.90. The third-order valence-electron chi connectivity index (χ3n) is 3.67. The zero-order chi connectivity index (χ0) is 16.7. The van der Waals surface area contributed by atoms with Gasteiger partial charge in [0.05, 0.1) is 6.10 Å². The van der Waals surface area contributed by atoms with Gasteiger partial charge in [-0.1, -0.05) is 6.92 Å². The third kappa shape index (κ3) is 5.25.